The Morgan fingerprint density at radius 1 is 0.931 bits per heavy atom. The van der Waals surface area contributed by atoms with Gasteiger partial charge in [0, 0.05) is 28.5 Å². The van der Waals surface area contributed by atoms with Crippen molar-refractivity contribution in [3.8, 4) is 29.1 Å². The number of para-hydroxylation sites is 1. The molecule has 4 nitrogen and oxygen atoms in total. The molecule has 2 aromatic carbocycles. The Morgan fingerprint density at radius 2 is 1.79 bits per heavy atom. The Morgan fingerprint density at radius 3 is 2.66 bits per heavy atom. The highest BCUT2D eigenvalue weighted by molar-refractivity contribution is 5.90. The molecule has 0 N–H and O–H groups in total. The van der Waals surface area contributed by atoms with E-state index in [1.165, 1.54) is 28.4 Å². The third-order valence-electron chi connectivity index (χ3n) is 5.40. The molecule has 0 atom stereocenters. The molecule has 0 radical (unpaired) electrons. The number of aromatic nitrogens is 2. The van der Waals surface area contributed by atoms with E-state index in [2.05, 4.69) is 64.2 Å². The normalized spacial score (nSPS) is 12.3. The first-order chi connectivity index (χ1) is 14.3. The fourth-order valence-electron chi connectivity index (χ4n) is 4.06. The van der Waals surface area contributed by atoms with Gasteiger partial charge in [-0.2, -0.15) is 10.5 Å². The summed E-state index contributed by atoms with van der Waals surface area (Å²) >= 11 is 0. The Hall–Kier alpha value is -4.15. The molecule has 1 aliphatic rings. The minimum atomic E-state index is 0.294. The highest BCUT2D eigenvalue weighted by atomic mass is 15.0. The minimum absolute atomic E-state index is 0.294. The van der Waals surface area contributed by atoms with Crippen LogP contribution in [0.15, 0.2) is 66.9 Å². The predicted molar refractivity (Wildman–Crippen MR) is 113 cm³/mol. The van der Waals surface area contributed by atoms with Gasteiger partial charge in [0.15, 0.2) is 0 Å². The van der Waals surface area contributed by atoms with Crippen LogP contribution in [-0.2, 0) is 6.42 Å². The standard InChI is InChI=1S/C25H16N4/c26-14-18-13-23(28-16-19(18)15-27)17-6-5-7-20(12-17)29-24-10-3-1-8-21(24)22-9-2-4-11-25(22)29/h1,3-8,10-13,16H,2,9H2. The van der Waals surface area contributed by atoms with Gasteiger partial charge >= 0.3 is 0 Å². The third-order valence-corrected chi connectivity index (χ3v) is 5.40. The van der Waals surface area contributed by atoms with Gasteiger partial charge in [0.2, 0.25) is 0 Å². The van der Waals surface area contributed by atoms with Crippen LogP contribution in [0.25, 0.3) is 33.9 Å². The first-order valence-corrected chi connectivity index (χ1v) is 9.50. The number of aryl methyl sites for hydroxylation is 1. The lowest BCUT2D eigenvalue weighted by molar-refractivity contribution is 0.967. The molecular weight excluding hydrogens is 356 g/mol. The highest BCUT2D eigenvalue weighted by Crippen LogP contribution is 2.34. The molecule has 29 heavy (non-hydrogen) atoms. The summed E-state index contributed by atoms with van der Waals surface area (Å²) in [5, 5.41) is 19.8. The first kappa shape index (κ1) is 17.0. The number of nitrogens with zero attached hydrogens (tertiary/aromatic N) is 4. The van der Waals surface area contributed by atoms with E-state index in [1.807, 2.05) is 18.2 Å². The van der Waals surface area contributed by atoms with Crippen molar-refractivity contribution in [2.24, 2.45) is 0 Å². The second kappa shape index (κ2) is 6.78. The van der Waals surface area contributed by atoms with E-state index >= 15 is 0 Å². The molecule has 0 aliphatic heterocycles. The van der Waals surface area contributed by atoms with Crippen LogP contribution in [0.3, 0.4) is 0 Å². The van der Waals surface area contributed by atoms with Gasteiger partial charge in [0.25, 0.3) is 0 Å². The maximum Gasteiger partial charge on any atom is 0.102 e. The fourth-order valence-corrected chi connectivity index (χ4v) is 4.06. The van der Waals surface area contributed by atoms with Crippen molar-refractivity contribution >= 4 is 17.0 Å². The molecule has 0 saturated heterocycles. The van der Waals surface area contributed by atoms with Crippen LogP contribution in [0.5, 0.6) is 0 Å². The summed E-state index contributed by atoms with van der Waals surface area (Å²) in [6.07, 6.45) is 8.01. The molecule has 4 aromatic rings. The summed E-state index contributed by atoms with van der Waals surface area (Å²) < 4.78 is 2.29. The van der Waals surface area contributed by atoms with Crippen LogP contribution in [0, 0.1) is 22.7 Å². The largest absolute Gasteiger partial charge is 0.310 e. The molecule has 0 bridgehead atoms. The van der Waals surface area contributed by atoms with Gasteiger partial charge in [0.1, 0.15) is 12.1 Å². The Bertz CT molecular complexity index is 1380. The highest BCUT2D eigenvalue weighted by Gasteiger charge is 2.18. The van der Waals surface area contributed by atoms with E-state index in [-0.39, 0.29) is 0 Å². The van der Waals surface area contributed by atoms with Gasteiger partial charge in [-0.15, -0.1) is 0 Å². The molecule has 0 saturated carbocycles. The topological polar surface area (TPSA) is 65.4 Å². The maximum absolute atomic E-state index is 9.34. The number of hydrogen-bond acceptors (Lipinski definition) is 3. The van der Waals surface area contributed by atoms with E-state index in [0.29, 0.717) is 16.8 Å². The van der Waals surface area contributed by atoms with Crippen LogP contribution in [-0.4, -0.2) is 9.55 Å². The SMILES string of the molecule is N#Cc1cnc(-c2cccc(-n3c4c(c5ccccc53)CCC=C4)c2)cc1C#N. The molecule has 1 aliphatic carbocycles. The average Bonchev–Trinajstić information content (AvgIpc) is 3.13. The number of fused-ring (bicyclic) bond motifs is 3. The lowest BCUT2D eigenvalue weighted by Crippen LogP contribution is -2.00. The lowest BCUT2D eigenvalue weighted by atomic mass is 10.0. The molecule has 2 aromatic heterocycles. The zero-order valence-electron chi connectivity index (χ0n) is 15.6. The van der Waals surface area contributed by atoms with Gasteiger partial charge in [-0.05, 0) is 48.7 Å². The second-order valence-corrected chi connectivity index (χ2v) is 7.05. The van der Waals surface area contributed by atoms with Crippen molar-refractivity contribution < 1.29 is 0 Å². The van der Waals surface area contributed by atoms with Gasteiger partial charge in [-0.25, -0.2) is 0 Å². The van der Waals surface area contributed by atoms with Crippen molar-refractivity contribution in [2.75, 3.05) is 0 Å². The molecule has 0 fully saturated rings. The molecule has 136 valence electrons. The molecule has 4 heteroatoms. The monoisotopic (exact) mass is 372 g/mol. The number of rotatable bonds is 2. The maximum atomic E-state index is 9.34. The fraction of sp³-hybridized carbons (Fsp3) is 0.0800. The average molecular weight is 372 g/mol. The van der Waals surface area contributed by atoms with Crippen LogP contribution in [0.1, 0.15) is 28.8 Å². The number of nitriles is 2. The molecule has 0 amide bonds. The van der Waals surface area contributed by atoms with Gasteiger partial charge in [-0.3, -0.25) is 4.98 Å². The molecule has 5 rings (SSSR count). The minimum Gasteiger partial charge on any atom is -0.310 e. The van der Waals surface area contributed by atoms with E-state index in [1.54, 1.807) is 6.07 Å². The van der Waals surface area contributed by atoms with Gasteiger partial charge < -0.3 is 4.57 Å². The lowest BCUT2D eigenvalue weighted by Gasteiger charge is -2.13. The number of pyridine rings is 1. The summed E-state index contributed by atoms with van der Waals surface area (Å²) in [6, 6.07) is 22.4. The smallest absolute Gasteiger partial charge is 0.102 e. The summed E-state index contributed by atoms with van der Waals surface area (Å²) in [6.45, 7) is 0. The summed E-state index contributed by atoms with van der Waals surface area (Å²) in [7, 11) is 0. The Kier molecular flexibility index (Phi) is 3.97. The zero-order chi connectivity index (χ0) is 19.8. The number of hydrogen-bond donors (Lipinski definition) is 0. The molecular formula is C25H16N4. The Balaban J connectivity index is 1.71. The van der Waals surface area contributed by atoms with E-state index < -0.39 is 0 Å². The van der Waals surface area contributed by atoms with Crippen molar-refractivity contribution in [1.82, 2.24) is 9.55 Å². The van der Waals surface area contributed by atoms with Crippen LogP contribution < -0.4 is 0 Å². The van der Waals surface area contributed by atoms with Crippen molar-refractivity contribution in [3.63, 3.8) is 0 Å². The number of benzene rings is 2. The predicted octanol–water partition coefficient (Wildman–Crippen LogP) is 5.40. The zero-order valence-corrected chi connectivity index (χ0v) is 15.6. The van der Waals surface area contributed by atoms with E-state index in [0.717, 1.165) is 24.1 Å². The van der Waals surface area contributed by atoms with Crippen molar-refractivity contribution in [2.45, 2.75) is 12.8 Å². The Labute approximate surface area is 168 Å². The summed E-state index contributed by atoms with van der Waals surface area (Å²) in [5.74, 6) is 0. The van der Waals surface area contributed by atoms with Crippen molar-refractivity contribution in [3.05, 3.63) is 89.3 Å². The van der Waals surface area contributed by atoms with Gasteiger partial charge in [-0.1, -0.05) is 36.4 Å². The van der Waals surface area contributed by atoms with Crippen LogP contribution in [0.4, 0.5) is 0 Å². The summed E-state index contributed by atoms with van der Waals surface area (Å²) in [5.41, 5.74) is 7.08. The summed E-state index contributed by atoms with van der Waals surface area (Å²) in [4.78, 5) is 4.40. The third kappa shape index (κ3) is 2.71. The first-order valence-electron chi connectivity index (χ1n) is 9.50. The second-order valence-electron chi connectivity index (χ2n) is 7.05. The van der Waals surface area contributed by atoms with Crippen LogP contribution >= 0.6 is 0 Å². The van der Waals surface area contributed by atoms with Gasteiger partial charge in [0.05, 0.1) is 22.3 Å². The molecule has 2 heterocycles. The van der Waals surface area contributed by atoms with E-state index in [9.17, 15) is 5.26 Å². The number of allylic oxidation sites excluding steroid dienone is 1. The van der Waals surface area contributed by atoms with Crippen molar-refractivity contribution in [1.29, 1.82) is 10.5 Å². The molecule has 0 unspecified atom stereocenters. The van der Waals surface area contributed by atoms with E-state index in [4.69, 9.17) is 5.26 Å². The quantitative estimate of drug-likeness (QED) is 0.473. The van der Waals surface area contributed by atoms with Crippen LogP contribution in [0.2, 0.25) is 0 Å². The molecule has 0 spiro atoms.